The number of benzene rings is 2. The molecule has 0 bridgehead atoms. The van der Waals surface area contributed by atoms with Crippen LogP contribution in [0.25, 0.3) is 0 Å². The Bertz CT molecular complexity index is 827. The van der Waals surface area contributed by atoms with E-state index in [1.165, 1.54) is 29.2 Å². The van der Waals surface area contributed by atoms with Crippen LogP contribution < -0.4 is 10.1 Å². The molecule has 0 radical (unpaired) electrons. The SMILES string of the molecule is CC(C)CNC(=O)[C@H](C)N(Cc1cccc(Br)c1)C(=O)COc1ccc(F)cc1. The van der Waals surface area contributed by atoms with Gasteiger partial charge in [-0.3, -0.25) is 9.59 Å². The van der Waals surface area contributed by atoms with Crippen molar-refractivity contribution in [3.05, 3.63) is 64.4 Å². The van der Waals surface area contributed by atoms with E-state index in [0.29, 0.717) is 18.2 Å². The van der Waals surface area contributed by atoms with Gasteiger partial charge in [-0.15, -0.1) is 0 Å². The number of rotatable bonds is 9. The summed E-state index contributed by atoms with van der Waals surface area (Å²) >= 11 is 3.42. The molecule has 0 unspecified atom stereocenters. The molecule has 1 atom stereocenters. The molecule has 2 amide bonds. The van der Waals surface area contributed by atoms with E-state index >= 15 is 0 Å². The number of ether oxygens (including phenoxy) is 1. The van der Waals surface area contributed by atoms with Gasteiger partial charge in [-0.05, 0) is 54.8 Å². The zero-order valence-corrected chi connectivity index (χ0v) is 18.4. The number of hydrogen-bond acceptors (Lipinski definition) is 3. The Morgan fingerprint density at radius 1 is 1.14 bits per heavy atom. The minimum Gasteiger partial charge on any atom is -0.484 e. The third-order valence-electron chi connectivity index (χ3n) is 4.27. The minimum atomic E-state index is -0.669. The zero-order valence-electron chi connectivity index (χ0n) is 16.8. The van der Waals surface area contributed by atoms with E-state index in [1.807, 2.05) is 38.1 Å². The second-order valence-corrected chi connectivity index (χ2v) is 8.12. The number of nitrogens with one attached hydrogen (secondary N) is 1. The fourth-order valence-electron chi connectivity index (χ4n) is 2.63. The summed E-state index contributed by atoms with van der Waals surface area (Å²) in [7, 11) is 0. The molecule has 0 aliphatic heterocycles. The average molecular weight is 465 g/mol. The van der Waals surface area contributed by atoms with Crippen LogP contribution in [0.15, 0.2) is 53.0 Å². The first-order valence-corrected chi connectivity index (χ1v) is 10.3. The van der Waals surface area contributed by atoms with E-state index in [-0.39, 0.29) is 30.8 Å². The summed E-state index contributed by atoms with van der Waals surface area (Å²) in [5.41, 5.74) is 0.887. The fraction of sp³-hybridized carbons (Fsp3) is 0.364. The Morgan fingerprint density at radius 3 is 2.45 bits per heavy atom. The van der Waals surface area contributed by atoms with Gasteiger partial charge in [0.25, 0.3) is 5.91 Å². The minimum absolute atomic E-state index is 0.219. The lowest BCUT2D eigenvalue weighted by Gasteiger charge is -2.29. The molecule has 2 rings (SSSR count). The molecule has 0 spiro atoms. The van der Waals surface area contributed by atoms with E-state index in [2.05, 4.69) is 21.2 Å². The Labute approximate surface area is 179 Å². The standard InChI is InChI=1S/C22H26BrFN2O3/c1-15(2)12-25-22(28)16(3)26(13-17-5-4-6-18(23)11-17)21(27)14-29-20-9-7-19(24)8-10-20/h4-11,15-16H,12-14H2,1-3H3,(H,25,28)/t16-/m0/s1. The number of carbonyl (C=O) groups excluding carboxylic acids is 2. The summed E-state index contributed by atoms with van der Waals surface area (Å²) in [6.07, 6.45) is 0. The molecule has 29 heavy (non-hydrogen) atoms. The van der Waals surface area contributed by atoms with E-state index in [9.17, 15) is 14.0 Å². The second-order valence-electron chi connectivity index (χ2n) is 7.21. The Kier molecular flexibility index (Phi) is 8.64. The normalized spacial score (nSPS) is 11.8. The third-order valence-corrected chi connectivity index (χ3v) is 4.76. The summed E-state index contributed by atoms with van der Waals surface area (Å²) in [6.45, 7) is 6.26. The van der Waals surface area contributed by atoms with Crippen molar-refractivity contribution in [1.29, 1.82) is 0 Å². The smallest absolute Gasteiger partial charge is 0.261 e. The van der Waals surface area contributed by atoms with Crippen molar-refractivity contribution in [3.8, 4) is 5.75 Å². The molecule has 0 saturated heterocycles. The van der Waals surface area contributed by atoms with Crippen molar-refractivity contribution in [2.75, 3.05) is 13.2 Å². The van der Waals surface area contributed by atoms with Gasteiger partial charge in [0.15, 0.2) is 6.61 Å². The molecule has 0 saturated carbocycles. The quantitative estimate of drug-likeness (QED) is 0.605. The number of hydrogen-bond donors (Lipinski definition) is 1. The third kappa shape index (κ3) is 7.49. The van der Waals surface area contributed by atoms with Crippen LogP contribution in [0.4, 0.5) is 4.39 Å². The van der Waals surface area contributed by atoms with Crippen LogP contribution in [0, 0.1) is 11.7 Å². The lowest BCUT2D eigenvalue weighted by Crippen LogP contribution is -2.49. The predicted molar refractivity (Wildman–Crippen MR) is 114 cm³/mol. The van der Waals surface area contributed by atoms with Crippen LogP contribution >= 0.6 is 15.9 Å². The van der Waals surface area contributed by atoms with E-state index in [4.69, 9.17) is 4.74 Å². The summed E-state index contributed by atoms with van der Waals surface area (Å²) in [4.78, 5) is 26.9. The van der Waals surface area contributed by atoms with Gasteiger partial charge in [0.2, 0.25) is 5.91 Å². The van der Waals surface area contributed by atoms with E-state index in [1.54, 1.807) is 6.92 Å². The Hall–Kier alpha value is -2.41. The summed E-state index contributed by atoms with van der Waals surface area (Å²) in [5, 5.41) is 2.87. The highest BCUT2D eigenvalue weighted by Crippen LogP contribution is 2.16. The molecule has 5 nitrogen and oxygen atoms in total. The Morgan fingerprint density at radius 2 is 1.83 bits per heavy atom. The van der Waals surface area contributed by atoms with Crippen molar-refractivity contribution in [2.24, 2.45) is 5.92 Å². The molecule has 7 heteroatoms. The van der Waals surface area contributed by atoms with Gasteiger partial charge < -0.3 is 15.0 Å². The molecule has 0 heterocycles. The highest BCUT2D eigenvalue weighted by molar-refractivity contribution is 9.10. The number of nitrogens with zero attached hydrogens (tertiary/aromatic N) is 1. The van der Waals surface area contributed by atoms with Crippen molar-refractivity contribution in [3.63, 3.8) is 0 Å². The maximum atomic E-state index is 13.0. The van der Waals surface area contributed by atoms with Gasteiger partial charge in [0, 0.05) is 17.6 Å². The molecule has 0 aliphatic rings. The van der Waals surface area contributed by atoms with Gasteiger partial charge in [-0.2, -0.15) is 0 Å². The van der Waals surface area contributed by atoms with Crippen molar-refractivity contribution < 1.29 is 18.7 Å². The number of halogens is 2. The summed E-state index contributed by atoms with van der Waals surface area (Å²) in [6, 6.07) is 12.3. The molecule has 2 aromatic carbocycles. The summed E-state index contributed by atoms with van der Waals surface area (Å²) in [5.74, 6) is -0.234. The maximum Gasteiger partial charge on any atom is 0.261 e. The van der Waals surface area contributed by atoms with Crippen LogP contribution in [0.3, 0.4) is 0 Å². The topological polar surface area (TPSA) is 58.6 Å². The molecule has 1 N–H and O–H groups in total. The molecular weight excluding hydrogens is 439 g/mol. The number of carbonyl (C=O) groups is 2. The van der Waals surface area contributed by atoms with Gasteiger partial charge >= 0.3 is 0 Å². The van der Waals surface area contributed by atoms with Gasteiger partial charge in [-0.1, -0.05) is 41.9 Å². The lowest BCUT2D eigenvalue weighted by atomic mass is 10.1. The van der Waals surface area contributed by atoms with Crippen LogP contribution in [0.1, 0.15) is 26.3 Å². The van der Waals surface area contributed by atoms with Crippen molar-refractivity contribution in [2.45, 2.75) is 33.4 Å². The van der Waals surface area contributed by atoms with Gasteiger partial charge in [0.05, 0.1) is 0 Å². The molecule has 0 fully saturated rings. The molecule has 2 aromatic rings. The monoisotopic (exact) mass is 464 g/mol. The highest BCUT2D eigenvalue weighted by Gasteiger charge is 2.26. The first-order valence-electron chi connectivity index (χ1n) is 9.46. The number of amides is 2. The van der Waals surface area contributed by atoms with Crippen LogP contribution in [0.2, 0.25) is 0 Å². The van der Waals surface area contributed by atoms with Crippen LogP contribution in [-0.2, 0) is 16.1 Å². The first kappa shape index (κ1) is 22.9. The zero-order chi connectivity index (χ0) is 21.4. The van der Waals surface area contributed by atoms with Crippen LogP contribution in [-0.4, -0.2) is 35.9 Å². The molecule has 156 valence electrons. The fourth-order valence-corrected chi connectivity index (χ4v) is 3.07. The molecule has 0 aliphatic carbocycles. The van der Waals surface area contributed by atoms with Gasteiger partial charge in [-0.25, -0.2) is 4.39 Å². The largest absolute Gasteiger partial charge is 0.484 e. The maximum absolute atomic E-state index is 13.0. The van der Waals surface area contributed by atoms with Crippen molar-refractivity contribution >= 4 is 27.7 Å². The predicted octanol–water partition coefficient (Wildman–Crippen LogP) is 4.16. The molecular formula is C22H26BrFN2O3. The van der Waals surface area contributed by atoms with E-state index < -0.39 is 6.04 Å². The van der Waals surface area contributed by atoms with Gasteiger partial charge in [0.1, 0.15) is 17.6 Å². The van der Waals surface area contributed by atoms with Crippen molar-refractivity contribution in [1.82, 2.24) is 10.2 Å². The van der Waals surface area contributed by atoms with E-state index in [0.717, 1.165) is 10.0 Å². The van der Waals surface area contributed by atoms with Crippen LogP contribution in [0.5, 0.6) is 5.75 Å². The average Bonchev–Trinajstić information content (AvgIpc) is 2.69. The first-order chi connectivity index (χ1) is 13.8. The molecule has 0 aromatic heterocycles. The highest BCUT2D eigenvalue weighted by atomic mass is 79.9. The summed E-state index contributed by atoms with van der Waals surface area (Å²) < 4.78 is 19.4. The Balaban J connectivity index is 2.12. The lowest BCUT2D eigenvalue weighted by molar-refractivity contribution is -0.142. The second kappa shape index (κ2) is 11.0.